The van der Waals surface area contributed by atoms with Gasteiger partial charge in [0.1, 0.15) is 0 Å². The molecule has 3 aromatic rings. The molecule has 0 unspecified atom stereocenters. The van der Waals surface area contributed by atoms with Crippen LogP contribution in [0.15, 0.2) is 65.4 Å². The van der Waals surface area contributed by atoms with E-state index in [1.54, 1.807) is 0 Å². The Kier molecular flexibility index (Phi) is 2.73. The molecule has 0 saturated carbocycles. The maximum absolute atomic E-state index is 3.50. The third-order valence-corrected chi connectivity index (χ3v) is 3.36. The van der Waals surface area contributed by atoms with Crippen LogP contribution in [0.25, 0.3) is 10.8 Å². The largest absolute Gasteiger partial charge is 0.349 e. The standard InChI is InChI=1S/C15H12BrN/c16-15-7-6-13-10-17(11-14(13)8-15)9-12-4-2-1-3-5-12/h1-8,10-11H,9H2. The molecule has 84 valence electrons. The lowest BCUT2D eigenvalue weighted by atomic mass is 10.2. The molecule has 0 bridgehead atoms. The molecule has 0 fully saturated rings. The summed E-state index contributed by atoms with van der Waals surface area (Å²) < 4.78 is 3.36. The van der Waals surface area contributed by atoms with Gasteiger partial charge < -0.3 is 4.57 Å². The van der Waals surface area contributed by atoms with Crippen molar-refractivity contribution < 1.29 is 0 Å². The van der Waals surface area contributed by atoms with Gasteiger partial charge in [0.15, 0.2) is 0 Å². The lowest BCUT2D eigenvalue weighted by Crippen LogP contribution is -1.94. The van der Waals surface area contributed by atoms with Crippen LogP contribution in [0.1, 0.15) is 5.56 Å². The van der Waals surface area contributed by atoms with E-state index in [2.05, 4.69) is 75.4 Å². The van der Waals surface area contributed by atoms with Gasteiger partial charge in [-0.1, -0.05) is 52.3 Å². The number of hydrogen-bond acceptors (Lipinski definition) is 0. The van der Waals surface area contributed by atoms with Crippen LogP contribution < -0.4 is 0 Å². The topological polar surface area (TPSA) is 4.93 Å². The normalized spacial score (nSPS) is 10.9. The summed E-state index contributed by atoms with van der Waals surface area (Å²) in [6.07, 6.45) is 4.38. The minimum atomic E-state index is 0.924. The fourth-order valence-corrected chi connectivity index (χ4v) is 2.43. The summed E-state index contributed by atoms with van der Waals surface area (Å²) in [5.41, 5.74) is 1.33. The molecular formula is C15H12BrN. The Morgan fingerprint density at radius 1 is 0.882 bits per heavy atom. The van der Waals surface area contributed by atoms with Gasteiger partial charge in [-0.15, -0.1) is 0 Å². The van der Waals surface area contributed by atoms with Gasteiger partial charge >= 0.3 is 0 Å². The van der Waals surface area contributed by atoms with E-state index in [-0.39, 0.29) is 0 Å². The van der Waals surface area contributed by atoms with Crippen LogP contribution in [0, 0.1) is 0 Å². The number of hydrogen-bond donors (Lipinski definition) is 0. The Labute approximate surface area is 109 Å². The zero-order valence-corrected chi connectivity index (χ0v) is 10.9. The molecule has 17 heavy (non-hydrogen) atoms. The maximum atomic E-state index is 3.50. The van der Waals surface area contributed by atoms with E-state index in [4.69, 9.17) is 0 Å². The Bertz CT molecular complexity index is 640. The van der Waals surface area contributed by atoms with Crippen molar-refractivity contribution in [3.05, 3.63) is 71.0 Å². The van der Waals surface area contributed by atoms with E-state index in [9.17, 15) is 0 Å². The molecular weight excluding hydrogens is 274 g/mol. The van der Waals surface area contributed by atoms with Gasteiger partial charge in [-0.25, -0.2) is 0 Å². The first-order valence-electron chi connectivity index (χ1n) is 5.60. The van der Waals surface area contributed by atoms with Crippen molar-refractivity contribution in [1.29, 1.82) is 0 Å². The molecule has 0 saturated heterocycles. The summed E-state index contributed by atoms with van der Waals surface area (Å²) in [5, 5.41) is 2.56. The molecule has 0 N–H and O–H groups in total. The van der Waals surface area contributed by atoms with Gasteiger partial charge in [-0.2, -0.15) is 0 Å². The zero-order chi connectivity index (χ0) is 11.7. The highest BCUT2D eigenvalue weighted by Crippen LogP contribution is 2.21. The fraction of sp³-hybridized carbons (Fsp3) is 0.0667. The van der Waals surface area contributed by atoms with Crippen LogP contribution >= 0.6 is 15.9 Å². The summed E-state index contributed by atoms with van der Waals surface area (Å²) in [6.45, 7) is 0.924. The first-order valence-corrected chi connectivity index (χ1v) is 6.39. The second-order valence-corrected chi connectivity index (χ2v) is 5.11. The smallest absolute Gasteiger partial charge is 0.0470 e. The second kappa shape index (κ2) is 4.38. The van der Waals surface area contributed by atoms with Crippen molar-refractivity contribution in [2.75, 3.05) is 0 Å². The molecule has 1 heterocycles. The van der Waals surface area contributed by atoms with Crippen LogP contribution in [0.5, 0.6) is 0 Å². The zero-order valence-electron chi connectivity index (χ0n) is 9.31. The Balaban J connectivity index is 1.96. The highest BCUT2D eigenvalue weighted by atomic mass is 79.9. The molecule has 0 aliphatic rings. The average molecular weight is 286 g/mol. The van der Waals surface area contributed by atoms with Crippen LogP contribution in [0.3, 0.4) is 0 Å². The van der Waals surface area contributed by atoms with Gasteiger partial charge in [0.05, 0.1) is 0 Å². The molecule has 0 aliphatic carbocycles. The van der Waals surface area contributed by atoms with Gasteiger partial charge in [-0.3, -0.25) is 0 Å². The summed E-state index contributed by atoms with van der Waals surface area (Å²) in [6, 6.07) is 16.9. The summed E-state index contributed by atoms with van der Waals surface area (Å²) >= 11 is 3.50. The molecule has 3 rings (SSSR count). The second-order valence-electron chi connectivity index (χ2n) is 4.19. The van der Waals surface area contributed by atoms with Crippen LogP contribution in [-0.4, -0.2) is 4.57 Å². The lowest BCUT2D eigenvalue weighted by molar-refractivity contribution is 0.810. The van der Waals surface area contributed by atoms with E-state index < -0.39 is 0 Å². The molecule has 0 radical (unpaired) electrons. The van der Waals surface area contributed by atoms with Crippen molar-refractivity contribution in [1.82, 2.24) is 4.57 Å². The first-order chi connectivity index (χ1) is 8.31. The fourth-order valence-electron chi connectivity index (χ4n) is 2.06. The lowest BCUT2D eigenvalue weighted by Gasteiger charge is -2.01. The van der Waals surface area contributed by atoms with E-state index in [1.165, 1.54) is 16.3 Å². The predicted octanol–water partition coefficient (Wildman–Crippen LogP) is 4.45. The highest BCUT2D eigenvalue weighted by Gasteiger charge is 2.00. The molecule has 1 nitrogen and oxygen atoms in total. The van der Waals surface area contributed by atoms with E-state index in [0.717, 1.165) is 11.0 Å². The maximum Gasteiger partial charge on any atom is 0.0470 e. The SMILES string of the molecule is Brc1ccc2cn(Cc3ccccc3)cc2c1. The van der Waals surface area contributed by atoms with Gasteiger partial charge in [0, 0.05) is 28.8 Å². The van der Waals surface area contributed by atoms with Gasteiger partial charge in [-0.05, 0) is 23.1 Å². The first kappa shape index (κ1) is 10.6. The van der Waals surface area contributed by atoms with Gasteiger partial charge in [0.2, 0.25) is 0 Å². The van der Waals surface area contributed by atoms with Crippen LogP contribution in [-0.2, 0) is 6.54 Å². The van der Waals surface area contributed by atoms with E-state index in [1.807, 2.05) is 6.07 Å². The number of rotatable bonds is 2. The molecule has 0 amide bonds. The number of nitrogens with zero attached hydrogens (tertiary/aromatic N) is 1. The van der Waals surface area contributed by atoms with Crippen molar-refractivity contribution in [2.45, 2.75) is 6.54 Å². The van der Waals surface area contributed by atoms with E-state index >= 15 is 0 Å². The Morgan fingerprint density at radius 3 is 2.47 bits per heavy atom. The monoisotopic (exact) mass is 285 g/mol. The predicted molar refractivity (Wildman–Crippen MR) is 75.2 cm³/mol. The third kappa shape index (κ3) is 2.27. The average Bonchev–Trinajstić information content (AvgIpc) is 2.71. The van der Waals surface area contributed by atoms with Crippen molar-refractivity contribution in [2.24, 2.45) is 0 Å². The van der Waals surface area contributed by atoms with Crippen molar-refractivity contribution >= 4 is 26.7 Å². The molecule has 2 aromatic carbocycles. The van der Waals surface area contributed by atoms with Gasteiger partial charge in [0.25, 0.3) is 0 Å². The summed E-state index contributed by atoms with van der Waals surface area (Å²) in [4.78, 5) is 0. The number of fused-ring (bicyclic) bond motifs is 1. The minimum Gasteiger partial charge on any atom is -0.349 e. The summed E-state index contributed by atoms with van der Waals surface area (Å²) in [7, 11) is 0. The number of benzene rings is 2. The Morgan fingerprint density at radius 2 is 1.65 bits per heavy atom. The number of aromatic nitrogens is 1. The van der Waals surface area contributed by atoms with Crippen molar-refractivity contribution in [3.8, 4) is 0 Å². The molecule has 2 heteroatoms. The molecule has 1 aromatic heterocycles. The molecule has 0 aliphatic heterocycles. The molecule has 0 atom stereocenters. The van der Waals surface area contributed by atoms with Crippen molar-refractivity contribution in [3.63, 3.8) is 0 Å². The summed E-state index contributed by atoms with van der Waals surface area (Å²) in [5.74, 6) is 0. The van der Waals surface area contributed by atoms with Crippen LogP contribution in [0.4, 0.5) is 0 Å². The van der Waals surface area contributed by atoms with E-state index in [0.29, 0.717) is 0 Å². The van der Waals surface area contributed by atoms with Crippen LogP contribution in [0.2, 0.25) is 0 Å². The minimum absolute atomic E-state index is 0.924. The molecule has 0 spiro atoms. The third-order valence-electron chi connectivity index (χ3n) is 2.87. The highest BCUT2D eigenvalue weighted by molar-refractivity contribution is 9.10. The number of halogens is 1. The Hall–Kier alpha value is -1.54. The quantitative estimate of drug-likeness (QED) is 0.656.